The van der Waals surface area contributed by atoms with E-state index in [-0.39, 0.29) is 0 Å². The van der Waals surface area contributed by atoms with Crippen LogP contribution in [-0.4, -0.2) is 60.0 Å². The monoisotopic (exact) mass is 232 g/mol. The Morgan fingerprint density at radius 3 is 2.33 bits per heavy atom. The van der Waals surface area contributed by atoms with Crippen LogP contribution in [0.5, 0.6) is 0 Å². The van der Waals surface area contributed by atoms with Gasteiger partial charge >= 0.3 is 8.56 Å². The molecule has 0 saturated carbocycles. The fourth-order valence-corrected chi connectivity index (χ4v) is 6.06. The summed E-state index contributed by atoms with van der Waals surface area (Å²) in [6.07, 6.45) is 0. The summed E-state index contributed by atoms with van der Waals surface area (Å²) in [7, 11) is 3.62. The topological polar surface area (TPSA) is 33.7 Å². The van der Waals surface area contributed by atoms with Crippen molar-refractivity contribution in [2.45, 2.75) is 25.1 Å². The van der Waals surface area contributed by atoms with Crippen molar-refractivity contribution >= 4 is 8.56 Å². The van der Waals surface area contributed by atoms with Crippen LogP contribution in [0.1, 0.15) is 13.8 Å². The van der Waals surface area contributed by atoms with Crippen LogP contribution in [0.3, 0.4) is 0 Å². The molecule has 0 spiro atoms. The van der Waals surface area contributed by atoms with E-state index in [1.165, 1.54) is 0 Å². The summed E-state index contributed by atoms with van der Waals surface area (Å²) in [6.45, 7) is 7.49. The molecule has 4 nitrogen and oxygen atoms in total. The predicted molar refractivity (Wildman–Crippen MR) is 64.2 cm³/mol. The highest BCUT2D eigenvalue weighted by atomic mass is 28.4. The van der Waals surface area contributed by atoms with Gasteiger partial charge in [-0.15, -0.1) is 0 Å². The second kappa shape index (κ2) is 5.40. The fourth-order valence-electron chi connectivity index (χ4n) is 2.47. The third-order valence-corrected chi connectivity index (χ3v) is 7.88. The Balaban J connectivity index is 2.86. The molecule has 1 rings (SSSR count). The lowest BCUT2D eigenvalue weighted by molar-refractivity contribution is 0.152. The summed E-state index contributed by atoms with van der Waals surface area (Å²) in [5.41, 5.74) is 0.862. The Hall–Kier alpha value is 0.0569. The summed E-state index contributed by atoms with van der Waals surface area (Å²) in [5.74, 6) is 0. The molecular formula is C10H24N2O2Si. The average Bonchev–Trinajstić information content (AvgIpc) is 2.22. The number of rotatable bonds is 4. The van der Waals surface area contributed by atoms with Crippen LogP contribution in [0.2, 0.25) is 5.54 Å². The molecule has 1 saturated heterocycles. The van der Waals surface area contributed by atoms with Crippen LogP contribution in [0.15, 0.2) is 0 Å². The van der Waals surface area contributed by atoms with Gasteiger partial charge in [-0.3, -0.25) is 4.90 Å². The molecule has 1 heterocycles. The maximum Gasteiger partial charge on any atom is 0.359 e. The maximum atomic E-state index is 5.79. The highest BCUT2D eigenvalue weighted by Gasteiger charge is 2.50. The van der Waals surface area contributed by atoms with Crippen molar-refractivity contribution in [1.82, 2.24) is 10.2 Å². The standard InChI is InChI=1S/C10H24N2O2Si/c1-9(2)15(13-4,14-5)10-8-11-6-7-12(10)3/h9-11H,6-8H2,1-5H3. The first-order valence-electron chi connectivity index (χ1n) is 5.59. The van der Waals surface area contributed by atoms with Gasteiger partial charge in [0.15, 0.2) is 0 Å². The summed E-state index contributed by atoms with van der Waals surface area (Å²) in [6, 6.07) is 0. The van der Waals surface area contributed by atoms with Crippen LogP contribution in [-0.2, 0) is 8.85 Å². The van der Waals surface area contributed by atoms with Crippen molar-refractivity contribution in [3.8, 4) is 0 Å². The SMILES string of the molecule is CO[Si](OC)(C(C)C)C1CNCCN1C. The van der Waals surface area contributed by atoms with Crippen LogP contribution < -0.4 is 5.32 Å². The number of nitrogens with one attached hydrogen (secondary N) is 1. The van der Waals surface area contributed by atoms with Crippen molar-refractivity contribution < 1.29 is 8.85 Å². The molecule has 1 fully saturated rings. The van der Waals surface area contributed by atoms with E-state index >= 15 is 0 Å². The largest absolute Gasteiger partial charge is 0.397 e. The minimum atomic E-state index is -2.12. The van der Waals surface area contributed by atoms with Gasteiger partial charge in [0.25, 0.3) is 0 Å². The predicted octanol–water partition coefficient (Wildman–Crippen LogP) is 0.574. The molecule has 0 aromatic heterocycles. The van der Waals surface area contributed by atoms with Gasteiger partial charge in [0, 0.05) is 33.9 Å². The minimum absolute atomic E-state index is 0.404. The molecule has 1 unspecified atom stereocenters. The van der Waals surface area contributed by atoms with Crippen LogP contribution in [0, 0.1) is 0 Å². The minimum Gasteiger partial charge on any atom is -0.397 e. The van der Waals surface area contributed by atoms with Gasteiger partial charge in [-0.1, -0.05) is 13.8 Å². The van der Waals surface area contributed by atoms with Gasteiger partial charge in [-0.2, -0.15) is 0 Å². The van der Waals surface area contributed by atoms with E-state index in [9.17, 15) is 0 Å². The van der Waals surface area contributed by atoms with Crippen molar-refractivity contribution in [3.05, 3.63) is 0 Å². The summed E-state index contributed by atoms with van der Waals surface area (Å²) in [5, 5.41) is 3.43. The van der Waals surface area contributed by atoms with Crippen molar-refractivity contribution in [1.29, 1.82) is 0 Å². The first kappa shape index (κ1) is 13.1. The second-order valence-electron chi connectivity index (χ2n) is 4.48. The van der Waals surface area contributed by atoms with E-state index in [0.29, 0.717) is 11.2 Å². The van der Waals surface area contributed by atoms with Crippen molar-refractivity contribution in [3.63, 3.8) is 0 Å². The fraction of sp³-hybridized carbons (Fsp3) is 1.00. The van der Waals surface area contributed by atoms with E-state index in [2.05, 4.69) is 31.1 Å². The Morgan fingerprint density at radius 1 is 1.33 bits per heavy atom. The summed E-state index contributed by atoms with van der Waals surface area (Å²) >= 11 is 0. The quantitative estimate of drug-likeness (QED) is 0.719. The van der Waals surface area contributed by atoms with Crippen LogP contribution in [0.25, 0.3) is 0 Å². The molecule has 0 aliphatic carbocycles. The van der Waals surface area contributed by atoms with Gasteiger partial charge in [0.05, 0.1) is 5.67 Å². The highest BCUT2D eigenvalue weighted by Crippen LogP contribution is 2.28. The Kier molecular flexibility index (Phi) is 4.73. The van der Waals surface area contributed by atoms with E-state index in [1.807, 2.05) is 0 Å². The summed E-state index contributed by atoms with van der Waals surface area (Å²) < 4.78 is 11.6. The van der Waals surface area contributed by atoms with Gasteiger partial charge in [-0.25, -0.2) is 0 Å². The zero-order valence-electron chi connectivity index (χ0n) is 10.5. The molecule has 0 bridgehead atoms. The molecule has 0 radical (unpaired) electrons. The second-order valence-corrected chi connectivity index (χ2v) is 8.57. The van der Waals surface area contributed by atoms with Gasteiger partial charge in [0.1, 0.15) is 0 Å². The molecule has 0 aromatic carbocycles. The molecule has 1 N–H and O–H groups in total. The zero-order chi connectivity index (χ0) is 11.5. The van der Waals surface area contributed by atoms with Gasteiger partial charge in [-0.05, 0) is 12.6 Å². The average molecular weight is 232 g/mol. The van der Waals surface area contributed by atoms with Crippen LogP contribution in [0.4, 0.5) is 0 Å². The molecule has 1 aliphatic rings. The Labute approximate surface area is 94.2 Å². The lowest BCUT2D eigenvalue weighted by Crippen LogP contribution is -2.67. The lowest BCUT2D eigenvalue weighted by atomic mass is 10.4. The van der Waals surface area contributed by atoms with Gasteiger partial charge in [0.2, 0.25) is 0 Å². The third kappa shape index (κ3) is 2.42. The number of likely N-dealkylation sites (N-methyl/N-ethyl adjacent to an activating group) is 1. The van der Waals surface area contributed by atoms with Gasteiger partial charge < -0.3 is 14.2 Å². The molecular weight excluding hydrogens is 208 g/mol. The van der Waals surface area contributed by atoms with E-state index in [4.69, 9.17) is 8.85 Å². The lowest BCUT2D eigenvalue weighted by Gasteiger charge is -2.44. The van der Waals surface area contributed by atoms with E-state index in [1.54, 1.807) is 14.2 Å². The van der Waals surface area contributed by atoms with Crippen molar-refractivity contribution in [2.75, 3.05) is 40.9 Å². The third-order valence-electron chi connectivity index (χ3n) is 3.42. The normalized spacial score (nSPS) is 24.8. The number of hydrogen-bond donors (Lipinski definition) is 1. The smallest absolute Gasteiger partial charge is 0.359 e. The first-order valence-corrected chi connectivity index (χ1v) is 7.56. The number of piperazine rings is 1. The van der Waals surface area contributed by atoms with Crippen LogP contribution >= 0.6 is 0 Å². The molecule has 5 heteroatoms. The number of nitrogens with zero attached hydrogens (tertiary/aromatic N) is 1. The van der Waals surface area contributed by atoms with E-state index in [0.717, 1.165) is 19.6 Å². The number of hydrogen-bond acceptors (Lipinski definition) is 4. The Bertz CT molecular complexity index is 198. The molecule has 1 atom stereocenters. The Morgan fingerprint density at radius 2 is 1.93 bits per heavy atom. The molecule has 15 heavy (non-hydrogen) atoms. The molecule has 90 valence electrons. The summed E-state index contributed by atoms with van der Waals surface area (Å²) in [4.78, 5) is 2.37. The maximum absolute atomic E-state index is 5.79. The zero-order valence-corrected chi connectivity index (χ0v) is 11.5. The molecule has 0 amide bonds. The first-order chi connectivity index (χ1) is 7.08. The van der Waals surface area contributed by atoms with Crippen molar-refractivity contribution in [2.24, 2.45) is 0 Å². The molecule has 1 aliphatic heterocycles. The molecule has 0 aromatic rings. The van der Waals surface area contributed by atoms with E-state index < -0.39 is 8.56 Å². The highest BCUT2D eigenvalue weighted by molar-refractivity contribution is 6.70.